The average Bonchev–Trinajstić information content (AvgIpc) is 2.93. The molecule has 130 valence electrons. The number of H-pyrrole nitrogens is 1. The molecule has 0 aliphatic carbocycles. The van der Waals surface area contributed by atoms with Crippen molar-refractivity contribution in [1.29, 1.82) is 0 Å². The molecule has 2 rings (SSSR count). The van der Waals surface area contributed by atoms with Gasteiger partial charge in [-0.1, -0.05) is 15.9 Å². The van der Waals surface area contributed by atoms with Gasteiger partial charge in [0.05, 0.1) is 0 Å². The zero-order valence-corrected chi connectivity index (χ0v) is 15.1. The van der Waals surface area contributed by atoms with Crippen molar-refractivity contribution in [3.05, 3.63) is 34.4 Å². The quantitative estimate of drug-likeness (QED) is 0.568. The van der Waals surface area contributed by atoms with E-state index in [2.05, 4.69) is 26.2 Å². The maximum absolute atomic E-state index is 11.9. The molecule has 0 saturated carbocycles. The van der Waals surface area contributed by atoms with Gasteiger partial charge in [0.15, 0.2) is 0 Å². The van der Waals surface area contributed by atoms with E-state index in [1.54, 1.807) is 13.3 Å². The minimum absolute atomic E-state index is 0.232. The van der Waals surface area contributed by atoms with Gasteiger partial charge in [-0.05, 0) is 36.6 Å². The molecule has 0 bridgehead atoms. The minimum atomic E-state index is -1.04. The fourth-order valence-electron chi connectivity index (χ4n) is 2.54. The molecular formula is C17H21BrN2O4. The fourth-order valence-corrected chi connectivity index (χ4v) is 2.90. The summed E-state index contributed by atoms with van der Waals surface area (Å²) in [7, 11) is 1.61. The number of aliphatic carboxylic acids is 1. The normalized spacial score (nSPS) is 12.2. The number of benzene rings is 1. The molecule has 1 atom stereocenters. The van der Waals surface area contributed by atoms with E-state index in [0.29, 0.717) is 19.4 Å². The predicted octanol–water partition coefficient (Wildman–Crippen LogP) is 2.86. The van der Waals surface area contributed by atoms with Crippen molar-refractivity contribution in [2.75, 3.05) is 13.7 Å². The molecule has 7 heteroatoms. The summed E-state index contributed by atoms with van der Waals surface area (Å²) in [6, 6.07) is 4.83. The van der Waals surface area contributed by atoms with Crippen LogP contribution in [0.2, 0.25) is 0 Å². The molecule has 3 N–H and O–H groups in total. The van der Waals surface area contributed by atoms with Crippen molar-refractivity contribution < 1.29 is 19.4 Å². The number of halogens is 1. The maximum atomic E-state index is 11.9. The Balaban J connectivity index is 2.01. The number of ether oxygens (including phenoxy) is 1. The molecule has 0 aliphatic rings. The Kier molecular flexibility index (Phi) is 6.81. The second-order valence-corrected chi connectivity index (χ2v) is 6.53. The average molecular weight is 397 g/mol. The number of aromatic nitrogens is 1. The zero-order valence-electron chi connectivity index (χ0n) is 13.5. The van der Waals surface area contributed by atoms with Gasteiger partial charge in [-0.15, -0.1) is 0 Å². The molecule has 24 heavy (non-hydrogen) atoms. The summed E-state index contributed by atoms with van der Waals surface area (Å²) in [5, 5.41) is 13.0. The van der Waals surface area contributed by atoms with Crippen molar-refractivity contribution >= 4 is 38.7 Å². The molecular weight excluding hydrogens is 376 g/mol. The lowest BCUT2D eigenvalue weighted by molar-refractivity contribution is -0.141. The molecule has 1 aromatic carbocycles. The second-order valence-electron chi connectivity index (χ2n) is 5.62. The van der Waals surface area contributed by atoms with E-state index < -0.39 is 12.0 Å². The number of nitrogens with one attached hydrogen (secondary N) is 2. The number of hydrogen-bond acceptors (Lipinski definition) is 3. The first-order chi connectivity index (χ1) is 11.5. The second kappa shape index (κ2) is 8.84. The smallest absolute Gasteiger partial charge is 0.326 e. The Morgan fingerprint density at radius 2 is 2.17 bits per heavy atom. The van der Waals surface area contributed by atoms with Gasteiger partial charge in [-0.25, -0.2) is 4.79 Å². The lowest BCUT2D eigenvalue weighted by atomic mass is 10.0. The molecule has 1 heterocycles. The number of carbonyl (C=O) groups excluding carboxylic acids is 1. The van der Waals surface area contributed by atoms with E-state index in [1.807, 2.05) is 18.2 Å². The molecule has 0 spiro atoms. The number of aromatic amines is 1. The summed E-state index contributed by atoms with van der Waals surface area (Å²) >= 11 is 3.42. The summed E-state index contributed by atoms with van der Waals surface area (Å²) < 4.78 is 5.85. The van der Waals surface area contributed by atoms with Crippen LogP contribution < -0.4 is 5.32 Å². The number of amides is 1. The van der Waals surface area contributed by atoms with Gasteiger partial charge in [0.25, 0.3) is 0 Å². The van der Waals surface area contributed by atoms with Crippen LogP contribution in [0.1, 0.15) is 24.8 Å². The van der Waals surface area contributed by atoms with E-state index in [1.165, 1.54) is 0 Å². The maximum Gasteiger partial charge on any atom is 0.326 e. The number of carbonyl (C=O) groups is 2. The van der Waals surface area contributed by atoms with Crippen molar-refractivity contribution in [2.24, 2.45) is 0 Å². The van der Waals surface area contributed by atoms with Crippen LogP contribution in [0.3, 0.4) is 0 Å². The first-order valence-corrected chi connectivity index (χ1v) is 8.57. The number of unbranched alkanes of at least 4 members (excludes halogenated alkanes) is 1. The molecule has 1 aromatic heterocycles. The zero-order chi connectivity index (χ0) is 17.5. The summed E-state index contributed by atoms with van der Waals surface area (Å²) in [6.45, 7) is 0.597. The summed E-state index contributed by atoms with van der Waals surface area (Å²) in [5.41, 5.74) is 1.79. The highest BCUT2D eigenvalue weighted by Crippen LogP contribution is 2.23. The Hall–Kier alpha value is -1.86. The van der Waals surface area contributed by atoms with Crippen LogP contribution in [0.15, 0.2) is 28.9 Å². The number of carboxylic acid groups (broad SMARTS) is 1. The highest BCUT2D eigenvalue weighted by molar-refractivity contribution is 9.10. The molecule has 0 fully saturated rings. The van der Waals surface area contributed by atoms with Crippen molar-refractivity contribution in [3.63, 3.8) is 0 Å². The van der Waals surface area contributed by atoms with Crippen LogP contribution in [0.5, 0.6) is 0 Å². The van der Waals surface area contributed by atoms with Crippen LogP contribution in [0.25, 0.3) is 10.9 Å². The van der Waals surface area contributed by atoms with E-state index >= 15 is 0 Å². The third-order valence-corrected chi connectivity index (χ3v) is 4.28. The highest BCUT2D eigenvalue weighted by atomic mass is 79.9. The standard InChI is InChI=1S/C17H21BrN2O4/c1-24-7-3-2-4-16(21)20-15(17(22)23)8-11-10-19-14-6-5-12(18)9-13(11)14/h5-6,9-10,15,19H,2-4,7-8H2,1H3,(H,20,21)(H,22,23). The van der Waals surface area contributed by atoms with Gasteiger partial charge in [-0.2, -0.15) is 0 Å². The molecule has 1 unspecified atom stereocenters. The van der Waals surface area contributed by atoms with E-state index in [0.717, 1.165) is 27.4 Å². The number of carboxylic acids is 1. The van der Waals surface area contributed by atoms with Crippen LogP contribution in [0, 0.1) is 0 Å². The monoisotopic (exact) mass is 396 g/mol. The Morgan fingerprint density at radius 1 is 1.38 bits per heavy atom. The molecule has 1 amide bonds. The van der Waals surface area contributed by atoms with Crippen molar-refractivity contribution in [3.8, 4) is 0 Å². The van der Waals surface area contributed by atoms with Crippen LogP contribution in [0.4, 0.5) is 0 Å². The van der Waals surface area contributed by atoms with Crippen LogP contribution >= 0.6 is 15.9 Å². The van der Waals surface area contributed by atoms with Gasteiger partial charge in [0.1, 0.15) is 6.04 Å². The number of rotatable bonds is 9. The predicted molar refractivity (Wildman–Crippen MR) is 95.0 cm³/mol. The first kappa shape index (κ1) is 18.5. The van der Waals surface area contributed by atoms with E-state index in [-0.39, 0.29) is 12.3 Å². The van der Waals surface area contributed by atoms with Gasteiger partial charge in [0, 0.05) is 48.1 Å². The highest BCUT2D eigenvalue weighted by Gasteiger charge is 2.21. The largest absolute Gasteiger partial charge is 0.480 e. The Morgan fingerprint density at radius 3 is 2.88 bits per heavy atom. The molecule has 0 saturated heterocycles. The van der Waals surface area contributed by atoms with Gasteiger partial charge in [0.2, 0.25) is 5.91 Å². The van der Waals surface area contributed by atoms with Crippen LogP contribution in [-0.4, -0.2) is 41.7 Å². The molecule has 6 nitrogen and oxygen atoms in total. The number of methoxy groups -OCH3 is 1. The Labute approximate surface area is 148 Å². The SMILES string of the molecule is COCCCCC(=O)NC(Cc1c[nH]c2ccc(Br)cc12)C(=O)O. The van der Waals surface area contributed by atoms with E-state index in [9.17, 15) is 14.7 Å². The number of fused-ring (bicyclic) bond motifs is 1. The van der Waals surface area contributed by atoms with Gasteiger partial charge < -0.3 is 20.1 Å². The van der Waals surface area contributed by atoms with Crippen molar-refractivity contribution in [1.82, 2.24) is 10.3 Å². The fraction of sp³-hybridized carbons (Fsp3) is 0.412. The summed E-state index contributed by atoms with van der Waals surface area (Å²) in [4.78, 5) is 26.5. The van der Waals surface area contributed by atoms with Gasteiger partial charge in [-0.3, -0.25) is 4.79 Å². The minimum Gasteiger partial charge on any atom is -0.480 e. The molecule has 2 aromatic rings. The number of hydrogen-bond donors (Lipinski definition) is 3. The summed E-state index contributed by atoms with van der Waals surface area (Å²) in [6.07, 6.45) is 3.77. The third kappa shape index (κ3) is 5.07. The third-order valence-electron chi connectivity index (χ3n) is 3.79. The first-order valence-electron chi connectivity index (χ1n) is 7.78. The molecule has 0 radical (unpaired) electrons. The topological polar surface area (TPSA) is 91.4 Å². The van der Waals surface area contributed by atoms with Crippen molar-refractivity contribution in [2.45, 2.75) is 31.7 Å². The van der Waals surface area contributed by atoms with Crippen LogP contribution in [-0.2, 0) is 20.7 Å². The molecule has 0 aliphatic heterocycles. The lowest BCUT2D eigenvalue weighted by Gasteiger charge is -2.14. The Bertz CT molecular complexity index is 714. The van der Waals surface area contributed by atoms with Gasteiger partial charge >= 0.3 is 5.97 Å². The van der Waals surface area contributed by atoms with E-state index in [4.69, 9.17) is 4.74 Å². The lowest BCUT2D eigenvalue weighted by Crippen LogP contribution is -2.42. The summed E-state index contributed by atoms with van der Waals surface area (Å²) in [5.74, 6) is -1.29.